The van der Waals surface area contributed by atoms with Crippen molar-refractivity contribution in [1.29, 1.82) is 0 Å². The zero-order valence-corrected chi connectivity index (χ0v) is 12.3. The van der Waals surface area contributed by atoms with E-state index in [-0.39, 0.29) is 0 Å². The molecule has 0 radical (unpaired) electrons. The Hall–Kier alpha value is -0.120. The molecule has 0 aliphatic heterocycles. The second-order valence-corrected chi connectivity index (χ2v) is 6.32. The van der Waals surface area contributed by atoms with Crippen LogP contribution >= 0.6 is 0 Å². The quantitative estimate of drug-likeness (QED) is 0.771. The molecule has 0 heterocycles. The average Bonchev–Trinajstić information content (AvgIpc) is 2.25. The maximum absolute atomic E-state index is 5.14. The largest absolute Gasteiger partial charge is 0.383 e. The molecule has 2 unspecified atom stereocenters. The van der Waals surface area contributed by atoms with Crippen molar-refractivity contribution in [3.05, 3.63) is 0 Å². The minimum absolute atomic E-state index is 0.514. The molecule has 0 spiro atoms. The lowest BCUT2D eigenvalue weighted by Gasteiger charge is -2.42. The average molecular weight is 242 g/mol. The second kappa shape index (κ2) is 6.72. The van der Waals surface area contributed by atoms with Crippen LogP contribution in [0.2, 0.25) is 0 Å². The Labute approximate surface area is 107 Å². The van der Waals surface area contributed by atoms with E-state index in [4.69, 9.17) is 4.74 Å². The van der Waals surface area contributed by atoms with Crippen LogP contribution in [-0.2, 0) is 4.74 Å². The van der Waals surface area contributed by atoms with E-state index >= 15 is 0 Å². The van der Waals surface area contributed by atoms with Crippen LogP contribution in [0.5, 0.6) is 0 Å². The molecule has 0 aromatic rings. The van der Waals surface area contributed by atoms with Crippen molar-refractivity contribution in [2.45, 2.75) is 39.2 Å². The summed E-state index contributed by atoms with van der Waals surface area (Å²) in [4.78, 5) is 2.40. The molecule has 0 bridgehead atoms. The molecular formula is C14H30N2O. The van der Waals surface area contributed by atoms with Gasteiger partial charge in [-0.25, -0.2) is 0 Å². The summed E-state index contributed by atoms with van der Waals surface area (Å²) in [6.07, 6.45) is 3.99. The van der Waals surface area contributed by atoms with Crippen molar-refractivity contribution in [3.8, 4) is 0 Å². The van der Waals surface area contributed by atoms with Gasteiger partial charge in [0.05, 0.1) is 6.61 Å². The summed E-state index contributed by atoms with van der Waals surface area (Å²) in [5.74, 6) is 0.769. The van der Waals surface area contributed by atoms with Crippen LogP contribution in [0.25, 0.3) is 0 Å². The van der Waals surface area contributed by atoms with Gasteiger partial charge in [0, 0.05) is 26.2 Å². The lowest BCUT2D eigenvalue weighted by Crippen LogP contribution is -2.46. The summed E-state index contributed by atoms with van der Waals surface area (Å²) in [6.45, 7) is 7.85. The van der Waals surface area contributed by atoms with Gasteiger partial charge in [-0.3, -0.25) is 0 Å². The highest BCUT2D eigenvalue weighted by molar-refractivity contribution is 4.89. The Morgan fingerprint density at radius 3 is 2.71 bits per heavy atom. The summed E-state index contributed by atoms with van der Waals surface area (Å²) >= 11 is 0. The van der Waals surface area contributed by atoms with Crippen molar-refractivity contribution in [2.75, 3.05) is 40.9 Å². The number of nitrogens with zero attached hydrogens (tertiary/aromatic N) is 1. The summed E-state index contributed by atoms with van der Waals surface area (Å²) < 4.78 is 5.14. The minimum atomic E-state index is 0.514. The molecule has 102 valence electrons. The SMILES string of the molecule is CNC1CCC(C)(C)CC1CN(C)CCOC. The number of hydrogen-bond donors (Lipinski definition) is 1. The Morgan fingerprint density at radius 1 is 1.41 bits per heavy atom. The van der Waals surface area contributed by atoms with E-state index < -0.39 is 0 Å². The molecule has 1 aliphatic rings. The first-order valence-electron chi connectivity index (χ1n) is 6.83. The number of hydrogen-bond acceptors (Lipinski definition) is 3. The van der Waals surface area contributed by atoms with Gasteiger partial charge in [-0.2, -0.15) is 0 Å². The fraction of sp³-hybridized carbons (Fsp3) is 1.00. The van der Waals surface area contributed by atoms with Gasteiger partial charge in [0.15, 0.2) is 0 Å². The van der Waals surface area contributed by atoms with Crippen LogP contribution in [0.4, 0.5) is 0 Å². The lowest BCUT2D eigenvalue weighted by atomic mass is 9.70. The fourth-order valence-corrected chi connectivity index (χ4v) is 3.05. The maximum Gasteiger partial charge on any atom is 0.0589 e. The topological polar surface area (TPSA) is 24.5 Å². The molecule has 0 aromatic carbocycles. The molecule has 1 saturated carbocycles. The number of methoxy groups -OCH3 is 1. The van der Waals surface area contributed by atoms with Gasteiger partial charge in [-0.15, -0.1) is 0 Å². The second-order valence-electron chi connectivity index (χ2n) is 6.32. The summed E-state index contributed by atoms with van der Waals surface area (Å²) in [6, 6.07) is 0.688. The van der Waals surface area contributed by atoms with Crippen LogP contribution in [0.1, 0.15) is 33.1 Å². The summed E-state index contributed by atoms with van der Waals surface area (Å²) in [5, 5.41) is 3.50. The van der Waals surface area contributed by atoms with Gasteiger partial charge in [0.25, 0.3) is 0 Å². The molecule has 3 heteroatoms. The first-order valence-corrected chi connectivity index (χ1v) is 6.83. The minimum Gasteiger partial charge on any atom is -0.383 e. The molecule has 1 rings (SSSR count). The monoisotopic (exact) mass is 242 g/mol. The Balaban J connectivity index is 2.46. The predicted molar refractivity (Wildman–Crippen MR) is 73.3 cm³/mol. The zero-order chi connectivity index (χ0) is 12.9. The van der Waals surface area contributed by atoms with Gasteiger partial charge < -0.3 is 15.0 Å². The third-order valence-electron chi connectivity index (χ3n) is 4.11. The zero-order valence-electron chi connectivity index (χ0n) is 12.3. The van der Waals surface area contributed by atoms with Gasteiger partial charge in [-0.1, -0.05) is 13.8 Å². The molecule has 0 amide bonds. The number of nitrogens with one attached hydrogen (secondary N) is 1. The van der Waals surface area contributed by atoms with E-state index in [1.807, 2.05) is 0 Å². The predicted octanol–water partition coefficient (Wildman–Crippen LogP) is 1.98. The molecule has 0 saturated heterocycles. The third-order valence-corrected chi connectivity index (χ3v) is 4.11. The van der Waals surface area contributed by atoms with E-state index in [2.05, 4.69) is 38.2 Å². The van der Waals surface area contributed by atoms with E-state index in [9.17, 15) is 0 Å². The van der Waals surface area contributed by atoms with Crippen LogP contribution in [0.3, 0.4) is 0 Å². The van der Waals surface area contributed by atoms with Gasteiger partial charge in [-0.05, 0) is 44.7 Å². The van der Waals surface area contributed by atoms with E-state index in [0.717, 1.165) is 19.1 Å². The van der Waals surface area contributed by atoms with E-state index in [0.29, 0.717) is 11.5 Å². The molecule has 1 fully saturated rings. The normalized spacial score (nSPS) is 28.6. The molecular weight excluding hydrogens is 212 g/mol. The molecule has 0 aromatic heterocycles. The Kier molecular flexibility index (Phi) is 5.90. The highest BCUT2D eigenvalue weighted by Crippen LogP contribution is 2.38. The molecule has 2 atom stereocenters. The molecule has 3 nitrogen and oxygen atoms in total. The molecule has 17 heavy (non-hydrogen) atoms. The Bertz CT molecular complexity index is 218. The van der Waals surface area contributed by atoms with Crippen LogP contribution in [-0.4, -0.2) is 51.8 Å². The summed E-state index contributed by atoms with van der Waals surface area (Å²) in [5.41, 5.74) is 0.514. The first-order chi connectivity index (χ1) is 7.98. The van der Waals surface area contributed by atoms with Crippen molar-refractivity contribution >= 4 is 0 Å². The first kappa shape index (κ1) is 14.9. The standard InChI is InChI=1S/C14H30N2O/c1-14(2)7-6-13(15-3)12(10-14)11-16(4)8-9-17-5/h12-13,15H,6-11H2,1-5H3. The van der Waals surface area contributed by atoms with Crippen molar-refractivity contribution < 1.29 is 4.74 Å². The van der Waals surface area contributed by atoms with Crippen molar-refractivity contribution in [3.63, 3.8) is 0 Å². The van der Waals surface area contributed by atoms with Gasteiger partial charge in [0.1, 0.15) is 0 Å². The van der Waals surface area contributed by atoms with Gasteiger partial charge >= 0.3 is 0 Å². The molecule has 1 aliphatic carbocycles. The van der Waals surface area contributed by atoms with Crippen molar-refractivity contribution in [1.82, 2.24) is 10.2 Å². The third kappa shape index (κ3) is 4.94. The van der Waals surface area contributed by atoms with E-state index in [1.165, 1.54) is 25.8 Å². The van der Waals surface area contributed by atoms with Crippen LogP contribution in [0.15, 0.2) is 0 Å². The van der Waals surface area contributed by atoms with Gasteiger partial charge in [0.2, 0.25) is 0 Å². The summed E-state index contributed by atoms with van der Waals surface area (Å²) in [7, 11) is 6.08. The molecule has 1 N–H and O–H groups in total. The fourth-order valence-electron chi connectivity index (χ4n) is 3.05. The highest BCUT2D eigenvalue weighted by Gasteiger charge is 2.34. The number of ether oxygens (including phenoxy) is 1. The van der Waals surface area contributed by atoms with E-state index in [1.54, 1.807) is 7.11 Å². The smallest absolute Gasteiger partial charge is 0.0589 e. The van der Waals surface area contributed by atoms with Crippen LogP contribution < -0.4 is 5.32 Å². The van der Waals surface area contributed by atoms with Crippen LogP contribution in [0, 0.1) is 11.3 Å². The van der Waals surface area contributed by atoms with Crippen molar-refractivity contribution in [2.24, 2.45) is 11.3 Å². The maximum atomic E-state index is 5.14. The number of rotatable bonds is 6. The lowest BCUT2D eigenvalue weighted by molar-refractivity contribution is 0.0972. The number of likely N-dealkylation sites (N-methyl/N-ethyl adjacent to an activating group) is 1. The highest BCUT2D eigenvalue weighted by atomic mass is 16.5. The Morgan fingerprint density at radius 2 is 2.12 bits per heavy atom.